The van der Waals surface area contributed by atoms with E-state index in [1.807, 2.05) is 0 Å². The highest BCUT2D eigenvalue weighted by atomic mass is 35.5. The van der Waals surface area contributed by atoms with Crippen LogP contribution in [0.5, 0.6) is 0 Å². The van der Waals surface area contributed by atoms with Gasteiger partial charge in [0.1, 0.15) is 9.84 Å². The molecule has 92 valence electrons. The third kappa shape index (κ3) is 8.09. The Morgan fingerprint density at radius 1 is 1.27 bits per heavy atom. The fourth-order valence-electron chi connectivity index (χ4n) is 1.66. The van der Waals surface area contributed by atoms with Crippen molar-refractivity contribution in [2.75, 3.05) is 17.4 Å². The number of halogens is 1. The van der Waals surface area contributed by atoms with E-state index in [4.69, 9.17) is 11.6 Å². The van der Waals surface area contributed by atoms with Crippen LogP contribution < -0.4 is 0 Å². The summed E-state index contributed by atoms with van der Waals surface area (Å²) in [6, 6.07) is 0. The minimum absolute atomic E-state index is 0.253. The van der Waals surface area contributed by atoms with Gasteiger partial charge >= 0.3 is 0 Å². The second-order valence-electron chi connectivity index (χ2n) is 4.53. The molecule has 0 rings (SSSR count). The van der Waals surface area contributed by atoms with Gasteiger partial charge in [-0.15, -0.1) is 11.6 Å². The number of rotatable bonds is 8. The Bertz CT molecular complexity index is 247. The lowest BCUT2D eigenvalue weighted by Gasteiger charge is -2.15. The van der Waals surface area contributed by atoms with E-state index >= 15 is 0 Å². The van der Waals surface area contributed by atoms with Crippen LogP contribution in [-0.2, 0) is 9.84 Å². The Hall–Kier alpha value is 0.240. The van der Waals surface area contributed by atoms with Crippen molar-refractivity contribution in [2.24, 2.45) is 11.8 Å². The van der Waals surface area contributed by atoms with Crippen LogP contribution in [-0.4, -0.2) is 25.8 Å². The van der Waals surface area contributed by atoms with E-state index in [2.05, 4.69) is 13.8 Å². The molecule has 0 N–H and O–H groups in total. The summed E-state index contributed by atoms with van der Waals surface area (Å²) in [6.45, 7) is 6.03. The van der Waals surface area contributed by atoms with E-state index in [0.29, 0.717) is 23.5 Å². The van der Waals surface area contributed by atoms with Gasteiger partial charge in [0, 0.05) is 11.6 Å². The van der Waals surface area contributed by atoms with Gasteiger partial charge in [-0.2, -0.15) is 0 Å². The van der Waals surface area contributed by atoms with Gasteiger partial charge in [0.15, 0.2) is 0 Å². The van der Waals surface area contributed by atoms with Gasteiger partial charge in [0.05, 0.1) is 5.75 Å². The molecule has 0 amide bonds. The average Bonchev–Trinajstić information content (AvgIpc) is 2.15. The van der Waals surface area contributed by atoms with Crippen molar-refractivity contribution < 1.29 is 8.42 Å². The van der Waals surface area contributed by atoms with Crippen LogP contribution in [0, 0.1) is 11.8 Å². The van der Waals surface area contributed by atoms with Crippen LogP contribution in [0.15, 0.2) is 0 Å². The molecule has 0 aliphatic rings. The van der Waals surface area contributed by atoms with Crippen LogP contribution in [0.25, 0.3) is 0 Å². The van der Waals surface area contributed by atoms with Crippen molar-refractivity contribution in [1.29, 1.82) is 0 Å². The lowest BCUT2D eigenvalue weighted by Crippen LogP contribution is -2.12. The van der Waals surface area contributed by atoms with Crippen molar-refractivity contribution in [3.63, 3.8) is 0 Å². The molecule has 0 aromatic heterocycles. The summed E-state index contributed by atoms with van der Waals surface area (Å²) in [6.07, 6.45) is 2.77. The Kier molecular flexibility index (Phi) is 7.62. The molecule has 0 radical (unpaired) electrons. The van der Waals surface area contributed by atoms with E-state index in [1.54, 1.807) is 6.92 Å². The first-order valence-electron chi connectivity index (χ1n) is 5.67. The second-order valence-corrected chi connectivity index (χ2v) is 7.31. The zero-order chi connectivity index (χ0) is 11.9. The maximum atomic E-state index is 11.3. The molecule has 0 saturated heterocycles. The third-order valence-corrected chi connectivity index (χ3v) is 4.76. The lowest BCUT2D eigenvalue weighted by atomic mass is 9.95. The Labute approximate surface area is 99.3 Å². The lowest BCUT2D eigenvalue weighted by molar-refractivity contribution is 0.416. The van der Waals surface area contributed by atoms with Gasteiger partial charge in [-0.25, -0.2) is 8.42 Å². The number of sulfone groups is 1. The summed E-state index contributed by atoms with van der Waals surface area (Å²) >= 11 is 5.85. The normalized spacial score (nSPS) is 14.5. The SMILES string of the molecule is CCS(=O)(=O)CCCC(CCl)CC(C)C. The molecular weight excluding hydrogens is 232 g/mol. The summed E-state index contributed by atoms with van der Waals surface area (Å²) in [5, 5.41) is 0. The molecule has 2 nitrogen and oxygen atoms in total. The maximum Gasteiger partial charge on any atom is 0.150 e. The summed E-state index contributed by atoms with van der Waals surface area (Å²) in [5.74, 6) is 2.32. The van der Waals surface area contributed by atoms with Crippen molar-refractivity contribution in [3.8, 4) is 0 Å². The number of hydrogen-bond donors (Lipinski definition) is 0. The van der Waals surface area contributed by atoms with E-state index in [0.717, 1.165) is 19.3 Å². The van der Waals surface area contributed by atoms with Crippen LogP contribution in [0.1, 0.15) is 40.0 Å². The van der Waals surface area contributed by atoms with Gasteiger partial charge < -0.3 is 0 Å². The standard InChI is InChI=1S/C11H23ClO2S/c1-4-15(13,14)7-5-6-11(9-12)8-10(2)3/h10-11H,4-9H2,1-3H3. The second kappa shape index (κ2) is 7.50. The molecule has 15 heavy (non-hydrogen) atoms. The molecule has 0 aliphatic heterocycles. The molecule has 0 heterocycles. The van der Waals surface area contributed by atoms with Crippen LogP contribution in [0.2, 0.25) is 0 Å². The predicted octanol–water partition coefficient (Wildman–Crippen LogP) is 3.10. The summed E-state index contributed by atoms with van der Waals surface area (Å²) in [5.41, 5.74) is 0. The van der Waals surface area contributed by atoms with Gasteiger partial charge in [0.2, 0.25) is 0 Å². The molecule has 1 unspecified atom stereocenters. The first-order chi connectivity index (χ1) is 6.91. The van der Waals surface area contributed by atoms with E-state index in [1.165, 1.54) is 0 Å². The van der Waals surface area contributed by atoms with Crippen molar-refractivity contribution in [1.82, 2.24) is 0 Å². The van der Waals surface area contributed by atoms with Crippen molar-refractivity contribution in [2.45, 2.75) is 40.0 Å². The van der Waals surface area contributed by atoms with E-state index in [-0.39, 0.29) is 5.75 Å². The average molecular weight is 255 g/mol. The minimum Gasteiger partial charge on any atom is -0.229 e. The number of alkyl halides is 1. The number of hydrogen-bond acceptors (Lipinski definition) is 2. The molecule has 0 aliphatic carbocycles. The molecule has 0 saturated carbocycles. The van der Waals surface area contributed by atoms with Crippen molar-refractivity contribution >= 4 is 21.4 Å². The van der Waals surface area contributed by atoms with E-state index < -0.39 is 9.84 Å². The summed E-state index contributed by atoms with van der Waals surface area (Å²) < 4.78 is 22.5. The van der Waals surface area contributed by atoms with Crippen molar-refractivity contribution in [3.05, 3.63) is 0 Å². The molecule has 0 aromatic rings. The first kappa shape index (κ1) is 15.2. The molecule has 0 spiro atoms. The highest BCUT2D eigenvalue weighted by Gasteiger charge is 2.12. The molecule has 0 aromatic carbocycles. The van der Waals surface area contributed by atoms with Gasteiger partial charge in [0.25, 0.3) is 0 Å². The Morgan fingerprint density at radius 2 is 1.87 bits per heavy atom. The molecule has 0 bridgehead atoms. The largest absolute Gasteiger partial charge is 0.229 e. The first-order valence-corrected chi connectivity index (χ1v) is 8.03. The molecule has 1 atom stereocenters. The minimum atomic E-state index is -2.79. The quantitative estimate of drug-likeness (QED) is 0.624. The van der Waals surface area contributed by atoms with Gasteiger partial charge in [-0.3, -0.25) is 0 Å². The smallest absolute Gasteiger partial charge is 0.150 e. The monoisotopic (exact) mass is 254 g/mol. The Balaban J connectivity index is 3.82. The zero-order valence-corrected chi connectivity index (χ0v) is 11.6. The highest BCUT2D eigenvalue weighted by Crippen LogP contribution is 2.19. The molecule has 0 fully saturated rings. The van der Waals surface area contributed by atoms with Gasteiger partial charge in [-0.1, -0.05) is 20.8 Å². The predicted molar refractivity (Wildman–Crippen MR) is 67.2 cm³/mol. The highest BCUT2D eigenvalue weighted by molar-refractivity contribution is 7.91. The van der Waals surface area contributed by atoms with Crippen LogP contribution in [0.3, 0.4) is 0 Å². The van der Waals surface area contributed by atoms with Gasteiger partial charge in [-0.05, 0) is 31.1 Å². The van der Waals surface area contributed by atoms with Crippen LogP contribution in [0.4, 0.5) is 0 Å². The maximum absolute atomic E-state index is 11.3. The topological polar surface area (TPSA) is 34.1 Å². The van der Waals surface area contributed by atoms with Crippen LogP contribution >= 0.6 is 11.6 Å². The third-order valence-electron chi connectivity index (χ3n) is 2.53. The summed E-state index contributed by atoms with van der Waals surface area (Å²) in [4.78, 5) is 0. The molecular formula is C11H23ClO2S. The fourth-order valence-corrected chi connectivity index (χ4v) is 2.84. The fraction of sp³-hybridized carbons (Fsp3) is 1.00. The molecule has 4 heteroatoms. The van der Waals surface area contributed by atoms with E-state index in [9.17, 15) is 8.42 Å². The summed E-state index contributed by atoms with van der Waals surface area (Å²) in [7, 11) is -2.79. The zero-order valence-electron chi connectivity index (χ0n) is 10.0. The Morgan fingerprint density at radius 3 is 2.27 bits per heavy atom.